The third kappa shape index (κ3) is 3.14. The Morgan fingerprint density at radius 2 is 2.06 bits per heavy atom. The Morgan fingerprint density at radius 3 is 2.53 bits per heavy atom. The molecule has 1 saturated carbocycles. The van der Waals surface area contributed by atoms with Crippen LogP contribution < -0.4 is 5.32 Å². The van der Waals surface area contributed by atoms with Crippen molar-refractivity contribution in [2.75, 3.05) is 5.33 Å². The molecule has 0 aromatic carbocycles. The van der Waals surface area contributed by atoms with Crippen molar-refractivity contribution in [1.82, 2.24) is 5.32 Å². The molecule has 1 aliphatic carbocycles. The van der Waals surface area contributed by atoms with E-state index in [1.807, 2.05) is 6.07 Å². The van der Waals surface area contributed by atoms with Crippen LogP contribution in [-0.4, -0.2) is 16.8 Å². The maximum absolute atomic E-state index is 12.2. The molecule has 0 saturated heterocycles. The normalized spacial score (nSPS) is 18.3. The van der Waals surface area contributed by atoms with E-state index in [9.17, 15) is 4.79 Å². The van der Waals surface area contributed by atoms with Crippen molar-refractivity contribution in [2.24, 2.45) is 0 Å². The second kappa shape index (κ2) is 5.72. The van der Waals surface area contributed by atoms with Crippen molar-refractivity contribution in [3.63, 3.8) is 0 Å². The number of alkyl halides is 1. The summed E-state index contributed by atoms with van der Waals surface area (Å²) in [5, 5.41) is 4.01. The van der Waals surface area contributed by atoms with E-state index in [2.05, 4.69) is 53.1 Å². The molecule has 0 radical (unpaired) electrons. The van der Waals surface area contributed by atoms with Gasteiger partial charge in [0.05, 0.1) is 14.2 Å². The van der Waals surface area contributed by atoms with E-state index in [0.717, 1.165) is 31.3 Å². The number of rotatable bonds is 3. The summed E-state index contributed by atoms with van der Waals surface area (Å²) in [4.78, 5) is 12.9. The fraction of sp³-hybridized carbons (Fsp3) is 0.545. The van der Waals surface area contributed by atoms with Gasteiger partial charge in [0.1, 0.15) is 0 Å². The van der Waals surface area contributed by atoms with E-state index < -0.39 is 0 Å². The summed E-state index contributed by atoms with van der Waals surface area (Å²) in [7, 11) is 0. The highest BCUT2D eigenvalue weighted by molar-refractivity contribution is 9.13. The van der Waals surface area contributed by atoms with Crippen molar-refractivity contribution >= 4 is 65.0 Å². The third-order valence-corrected chi connectivity index (χ3v) is 7.39. The first-order valence-electron chi connectivity index (χ1n) is 5.40. The minimum absolute atomic E-state index is 0.0303. The Bertz CT molecular complexity index is 407. The largest absolute Gasteiger partial charge is 0.345 e. The fourth-order valence-corrected chi connectivity index (χ4v) is 4.74. The molecule has 0 unspecified atom stereocenters. The number of nitrogens with one attached hydrogen (secondary N) is 1. The van der Waals surface area contributed by atoms with E-state index >= 15 is 0 Å². The molecule has 1 N–H and O–H groups in total. The summed E-state index contributed by atoms with van der Waals surface area (Å²) in [6.45, 7) is 0. The highest BCUT2D eigenvalue weighted by Gasteiger charge is 2.34. The topological polar surface area (TPSA) is 29.1 Å². The zero-order valence-corrected chi connectivity index (χ0v) is 14.6. The monoisotopic (exact) mass is 443 g/mol. The van der Waals surface area contributed by atoms with Crippen LogP contribution in [0.1, 0.15) is 35.4 Å². The maximum Gasteiger partial charge on any atom is 0.261 e. The second-order valence-electron chi connectivity index (χ2n) is 4.31. The second-order valence-corrected chi connectivity index (χ2v) is 8.09. The first-order valence-corrected chi connectivity index (χ1v) is 8.92. The van der Waals surface area contributed by atoms with Crippen LogP contribution in [0.2, 0.25) is 0 Å². The van der Waals surface area contributed by atoms with Crippen LogP contribution in [0.3, 0.4) is 0 Å². The van der Waals surface area contributed by atoms with Crippen molar-refractivity contribution < 1.29 is 4.79 Å². The highest BCUT2D eigenvalue weighted by atomic mass is 79.9. The van der Waals surface area contributed by atoms with Gasteiger partial charge in [0, 0.05) is 9.80 Å². The van der Waals surface area contributed by atoms with Gasteiger partial charge in [-0.2, -0.15) is 0 Å². The molecule has 1 fully saturated rings. The van der Waals surface area contributed by atoms with Gasteiger partial charge >= 0.3 is 0 Å². The van der Waals surface area contributed by atoms with Crippen molar-refractivity contribution in [3.8, 4) is 0 Å². The molecule has 1 heterocycles. The van der Waals surface area contributed by atoms with E-state index in [0.29, 0.717) is 0 Å². The first kappa shape index (κ1) is 14.0. The smallest absolute Gasteiger partial charge is 0.261 e. The molecule has 0 atom stereocenters. The average molecular weight is 446 g/mol. The zero-order valence-electron chi connectivity index (χ0n) is 9.06. The SMILES string of the molecule is O=C(NC1(CBr)CCCC1)c1cc(Br)c(Br)s1. The molecule has 17 heavy (non-hydrogen) atoms. The number of hydrogen-bond donors (Lipinski definition) is 1. The van der Waals surface area contributed by atoms with Gasteiger partial charge in [-0.3, -0.25) is 4.79 Å². The lowest BCUT2D eigenvalue weighted by Crippen LogP contribution is -2.47. The average Bonchev–Trinajstić information content (AvgIpc) is 2.88. The summed E-state index contributed by atoms with van der Waals surface area (Å²) in [5.74, 6) is 0.0303. The van der Waals surface area contributed by atoms with Crippen molar-refractivity contribution in [1.29, 1.82) is 0 Å². The Kier molecular flexibility index (Phi) is 4.72. The van der Waals surface area contributed by atoms with Crippen LogP contribution in [-0.2, 0) is 0 Å². The molecule has 0 aliphatic heterocycles. The van der Waals surface area contributed by atoms with E-state index in [1.54, 1.807) is 0 Å². The van der Waals surface area contributed by atoms with E-state index in [-0.39, 0.29) is 11.4 Å². The standard InChI is InChI=1S/C11H12Br3NOS/c12-6-11(3-1-2-4-11)15-10(16)8-5-7(13)9(14)17-8/h5H,1-4,6H2,(H,15,16). The van der Waals surface area contributed by atoms with Gasteiger partial charge in [0.15, 0.2) is 0 Å². The van der Waals surface area contributed by atoms with Gasteiger partial charge in [-0.15, -0.1) is 11.3 Å². The minimum Gasteiger partial charge on any atom is -0.345 e. The number of thiophene rings is 1. The molecule has 1 aromatic rings. The Labute approximate surface area is 130 Å². The van der Waals surface area contributed by atoms with E-state index in [1.165, 1.54) is 24.2 Å². The molecule has 0 bridgehead atoms. The van der Waals surface area contributed by atoms with Crippen molar-refractivity contribution in [2.45, 2.75) is 31.2 Å². The summed E-state index contributed by atoms with van der Waals surface area (Å²) in [5.41, 5.74) is -0.0416. The highest BCUT2D eigenvalue weighted by Crippen LogP contribution is 2.34. The Morgan fingerprint density at radius 1 is 1.41 bits per heavy atom. The molecule has 0 spiro atoms. The van der Waals surface area contributed by atoms with Crippen LogP contribution in [0.5, 0.6) is 0 Å². The van der Waals surface area contributed by atoms with Crippen LogP contribution in [0, 0.1) is 0 Å². The molecule has 1 aromatic heterocycles. The molecule has 2 rings (SSSR count). The van der Waals surface area contributed by atoms with Gasteiger partial charge in [0.2, 0.25) is 0 Å². The number of halogens is 3. The minimum atomic E-state index is -0.0416. The Hall–Kier alpha value is 0.610. The van der Waals surface area contributed by atoms with Gasteiger partial charge in [-0.25, -0.2) is 0 Å². The number of carbonyl (C=O) groups is 1. The summed E-state index contributed by atoms with van der Waals surface area (Å²) in [6, 6.07) is 1.86. The molecule has 6 heteroatoms. The van der Waals surface area contributed by atoms with Crippen LogP contribution in [0.25, 0.3) is 0 Å². The first-order chi connectivity index (χ1) is 8.06. The Balaban J connectivity index is 2.10. The summed E-state index contributed by atoms with van der Waals surface area (Å²) < 4.78 is 1.90. The number of carbonyl (C=O) groups excluding carboxylic acids is 1. The number of hydrogen-bond acceptors (Lipinski definition) is 2. The van der Waals surface area contributed by atoms with Crippen molar-refractivity contribution in [3.05, 3.63) is 19.2 Å². The molecule has 1 amide bonds. The van der Waals surface area contributed by atoms with Gasteiger partial charge in [-0.05, 0) is 50.8 Å². The fourth-order valence-electron chi connectivity index (χ4n) is 2.10. The predicted molar refractivity (Wildman–Crippen MR) is 82.2 cm³/mol. The molecule has 1 aliphatic rings. The van der Waals surface area contributed by atoms with Gasteiger partial charge in [-0.1, -0.05) is 28.8 Å². The van der Waals surface area contributed by atoms with Crippen LogP contribution >= 0.6 is 59.1 Å². The van der Waals surface area contributed by atoms with Crippen LogP contribution in [0.15, 0.2) is 14.3 Å². The van der Waals surface area contributed by atoms with Gasteiger partial charge in [0.25, 0.3) is 5.91 Å². The summed E-state index contributed by atoms with van der Waals surface area (Å²) >= 11 is 11.8. The lowest BCUT2D eigenvalue weighted by atomic mass is 10.0. The number of amides is 1. The van der Waals surface area contributed by atoms with Gasteiger partial charge < -0.3 is 5.32 Å². The lowest BCUT2D eigenvalue weighted by molar-refractivity contribution is 0.0914. The quantitative estimate of drug-likeness (QED) is 0.670. The summed E-state index contributed by atoms with van der Waals surface area (Å²) in [6.07, 6.45) is 4.53. The zero-order chi connectivity index (χ0) is 12.5. The molecule has 94 valence electrons. The molecular formula is C11H12Br3NOS. The molecule has 2 nitrogen and oxygen atoms in total. The molecular weight excluding hydrogens is 434 g/mol. The lowest BCUT2D eigenvalue weighted by Gasteiger charge is -2.27. The predicted octanol–water partition coefficient (Wildman–Crippen LogP) is 4.71. The van der Waals surface area contributed by atoms with E-state index in [4.69, 9.17) is 0 Å². The third-order valence-electron chi connectivity index (χ3n) is 3.06. The maximum atomic E-state index is 12.2. The van der Waals surface area contributed by atoms with Crippen LogP contribution in [0.4, 0.5) is 0 Å².